The van der Waals surface area contributed by atoms with Crippen molar-refractivity contribution in [1.29, 1.82) is 0 Å². The van der Waals surface area contributed by atoms with E-state index < -0.39 is 0 Å². The van der Waals surface area contributed by atoms with Crippen LogP contribution in [0.15, 0.2) is 6.07 Å². The third-order valence-corrected chi connectivity index (χ3v) is 2.96. The number of hydrogen-bond acceptors (Lipinski definition) is 8. The lowest BCUT2D eigenvalue weighted by molar-refractivity contribution is 0.296. The van der Waals surface area contributed by atoms with Gasteiger partial charge < -0.3 is 21.6 Å². The molecule has 8 heteroatoms. The smallest absolute Gasteiger partial charge is 0.223 e. The second-order valence-corrected chi connectivity index (χ2v) is 4.48. The van der Waals surface area contributed by atoms with Crippen LogP contribution in [0.3, 0.4) is 0 Å². The van der Waals surface area contributed by atoms with Crippen molar-refractivity contribution in [3.63, 3.8) is 0 Å². The van der Waals surface area contributed by atoms with Gasteiger partial charge in [-0.2, -0.15) is 21.7 Å². The Balaban J connectivity index is 2.28. The normalized spacial score (nSPS) is 10.2. The van der Waals surface area contributed by atoms with Crippen molar-refractivity contribution in [3.8, 4) is 0 Å². The number of rotatable bonds is 8. The molecule has 0 saturated heterocycles. The van der Waals surface area contributed by atoms with Crippen molar-refractivity contribution in [3.05, 3.63) is 6.07 Å². The monoisotopic (exact) mass is 258 g/mol. The number of nitrogens with two attached hydrogens (primary N) is 2. The number of anilines is 3. The van der Waals surface area contributed by atoms with Crippen LogP contribution in [0.4, 0.5) is 17.6 Å². The number of aliphatic hydroxyl groups is 1. The Morgan fingerprint density at radius 1 is 1.29 bits per heavy atom. The number of aromatic nitrogens is 2. The van der Waals surface area contributed by atoms with Gasteiger partial charge in [-0.1, -0.05) is 0 Å². The molecule has 1 aromatic heterocycles. The lowest BCUT2D eigenvalue weighted by Gasteiger charge is -2.07. The van der Waals surface area contributed by atoms with E-state index >= 15 is 0 Å². The Morgan fingerprint density at radius 2 is 2.06 bits per heavy atom. The first kappa shape index (κ1) is 13.8. The van der Waals surface area contributed by atoms with Crippen molar-refractivity contribution in [2.75, 3.05) is 41.1 Å². The van der Waals surface area contributed by atoms with Crippen LogP contribution in [-0.4, -0.2) is 39.7 Å². The van der Waals surface area contributed by atoms with Crippen molar-refractivity contribution in [2.24, 2.45) is 5.84 Å². The fraction of sp³-hybridized carbons (Fsp3) is 0.556. The van der Waals surface area contributed by atoms with E-state index in [2.05, 4.69) is 20.7 Å². The average molecular weight is 258 g/mol. The van der Waals surface area contributed by atoms with E-state index in [-0.39, 0.29) is 12.6 Å². The minimum absolute atomic E-state index is 0.177. The Hall–Kier alpha value is -1.25. The molecule has 0 aliphatic rings. The Morgan fingerprint density at radius 3 is 2.76 bits per heavy atom. The molecule has 0 bridgehead atoms. The first-order valence-electron chi connectivity index (χ1n) is 5.30. The summed E-state index contributed by atoms with van der Waals surface area (Å²) in [7, 11) is 0. The summed E-state index contributed by atoms with van der Waals surface area (Å²) in [5.74, 6) is 8.45. The third-order valence-electron chi connectivity index (χ3n) is 1.89. The van der Waals surface area contributed by atoms with Crippen LogP contribution < -0.4 is 22.3 Å². The van der Waals surface area contributed by atoms with Gasteiger partial charge in [0.15, 0.2) is 0 Å². The first-order valence-corrected chi connectivity index (χ1v) is 6.45. The summed E-state index contributed by atoms with van der Waals surface area (Å²) < 4.78 is 0. The Labute approximate surface area is 104 Å². The Kier molecular flexibility index (Phi) is 6.45. The maximum absolute atomic E-state index is 8.61. The minimum atomic E-state index is 0.177. The van der Waals surface area contributed by atoms with Crippen LogP contribution in [0, 0.1) is 0 Å². The molecule has 1 aromatic rings. The van der Waals surface area contributed by atoms with E-state index in [4.69, 9.17) is 16.7 Å². The maximum atomic E-state index is 8.61. The summed E-state index contributed by atoms with van der Waals surface area (Å²) in [5.41, 5.74) is 7.94. The summed E-state index contributed by atoms with van der Waals surface area (Å²) in [6, 6.07) is 1.69. The number of nitrogens with zero attached hydrogens (tertiary/aromatic N) is 2. The molecule has 0 aromatic carbocycles. The Bertz CT molecular complexity index is 337. The van der Waals surface area contributed by atoms with E-state index in [9.17, 15) is 0 Å². The van der Waals surface area contributed by atoms with Crippen LogP contribution in [0.25, 0.3) is 0 Å². The van der Waals surface area contributed by atoms with Gasteiger partial charge in [-0.15, -0.1) is 0 Å². The first-order chi connectivity index (χ1) is 8.26. The number of thioether (sulfide) groups is 1. The van der Waals surface area contributed by atoms with Gasteiger partial charge in [-0.3, -0.25) is 0 Å². The van der Waals surface area contributed by atoms with Gasteiger partial charge in [0.2, 0.25) is 5.95 Å². The van der Waals surface area contributed by atoms with Crippen molar-refractivity contribution >= 4 is 29.3 Å². The van der Waals surface area contributed by atoms with Crippen molar-refractivity contribution < 1.29 is 5.11 Å². The third kappa shape index (κ3) is 5.57. The van der Waals surface area contributed by atoms with Crippen LogP contribution in [0.5, 0.6) is 0 Å². The predicted octanol–water partition coefficient (Wildman–Crippen LogP) is -0.128. The molecule has 7 nitrogen and oxygen atoms in total. The molecule has 0 saturated carbocycles. The van der Waals surface area contributed by atoms with Crippen LogP contribution in [0.1, 0.15) is 6.42 Å². The van der Waals surface area contributed by atoms with Crippen LogP contribution >= 0.6 is 11.8 Å². The number of nitrogen functional groups attached to an aromatic ring is 2. The standard InChI is InChI=1S/C9H18N6OS/c10-9-13-7(6-8(14-9)15-11)12-2-5-17-4-1-3-16/h6,16H,1-5,11H2,(H4,10,12,13,14,15). The molecule has 17 heavy (non-hydrogen) atoms. The van der Waals surface area contributed by atoms with Gasteiger partial charge in [-0.25, -0.2) is 5.84 Å². The highest BCUT2D eigenvalue weighted by molar-refractivity contribution is 7.99. The highest BCUT2D eigenvalue weighted by Crippen LogP contribution is 2.11. The minimum Gasteiger partial charge on any atom is -0.396 e. The van der Waals surface area contributed by atoms with Gasteiger partial charge >= 0.3 is 0 Å². The zero-order valence-electron chi connectivity index (χ0n) is 9.52. The van der Waals surface area contributed by atoms with Gasteiger partial charge in [0.1, 0.15) is 11.6 Å². The quantitative estimate of drug-likeness (QED) is 0.248. The average Bonchev–Trinajstić information content (AvgIpc) is 2.33. The second kappa shape index (κ2) is 7.93. The fourth-order valence-electron chi connectivity index (χ4n) is 1.15. The largest absolute Gasteiger partial charge is 0.396 e. The molecular weight excluding hydrogens is 240 g/mol. The number of hydrogen-bond donors (Lipinski definition) is 5. The van der Waals surface area contributed by atoms with Gasteiger partial charge in [0, 0.05) is 25.0 Å². The molecule has 0 fully saturated rings. The second-order valence-electron chi connectivity index (χ2n) is 3.26. The van der Waals surface area contributed by atoms with Crippen molar-refractivity contribution in [2.45, 2.75) is 6.42 Å². The number of hydrazine groups is 1. The molecule has 1 heterocycles. The molecule has 0 aliphatic heterocycles. The van der Waals surface area contributed by atoms with Crippen molar-refractivity contribution in [1.82, 2.24) is 9.97 Å². The summed E-state index contributed by atoms with van der Waals surface area (Å²) in [5, 5.41) is 11.7. The lowest BCUT2D eigenvalue weighted by atomic mass is 10.5. The molecule has 0 unspecified atom stereocenters. The van der Waals surface area contributed by atoms with Crippen LogP contribution in [-0.2, 0) is 0 Å². The highest BCUT2D eigenvalue weighted by Gasteiger charge is 2.00. The lowest BCUT2D eigenvalue weighted by Crippen LogP contribution is -2.13. The number of aliphatic hydroxyl groups excluding tert-OH is 1. The number of nitrogens with one attached hydrogen (secondary N) is 2. The molecule has 7 N–H and O–H groups in total. The molecule has 0 atom stereocenters. The summed E-state index contributed by atoms with van der Waals surface area (Å²) in [6.45, 7) is 1.02. The van der Waals surface area contributed by atoms with E-state index in [0.29, 0.717) is 11.6 Å². The van der Waals surface area contributed by atoms with Gasteiger partial charge in [-0.05, 0) is 12.2 Å². The molecule has 0 radical (unpaired) electrons. The summed E-state index contributed by atoms with van der Waals surface area (Å²) in [6.07, 6.45) is 0.826. The fourth-order valence-corrected chi connectivity index (χ4v) is 1.93. The molecule has 0 amide bonds. The topological polar surface area (TPSA) is 122 Å². The van der Waals surface area contributed by atoms with Gasteiger partial charge in [0.05, 0.1) is 0 Å². The molecular formula is C9H18N6OS. The summed E-state index contributed by atoms with van der Waals surface area (Å²) >= 11 is 1.77. The predicted molar refractivity (Wildman–Crippen MR) is 71.8 cm³/mol. The van der Waals surface area contributed by atoms with Gasteiger partial charge in [0.25, 0.3) is 0 Å². The molecule has 1 rings (SSSR count). The molecule has 0 spiro atoms. The summed E-state index contributed by atoms with van der Waals surface area (Å²) in [4.78, 5) is 7.91. The zero-order chi connectivity index (χ0) is 12.5. The molecule has 96 valence electrons. The van der Waals surface area contributed by atoms with E-state index in [0.717, 1.165) is 24.5 Å². The zero-order valence-corrected chi connectivity index (χ0v) is 10.3. The maximum Gasteiger partial charge on any atom is 0.223 e. The SMILES string of the molecule is NNc1cc(NCCSCCCO)nc(N)n1. The molecule has 0 aliphatic carbocycles. The van der Waals surface area contributed by atoms with E-state index in [1.165, 1.54) is 0 Å². The highest BCUT2D eigenvalue weighted by atomic mass is 32.2. The van der Waals surface area contributed by atoms with Crippen LogP contribution in [0.2, 0.25) is 0 Å². The van der Waals surface area contributed by atoms with E-state index in [1.54, 1.807) is 17.8 Å². The van der Waals surface area contributed by atoms with E-state index in [1.807, 2.05) is 0 Å².